The number of hydrogen-bond donors (Lipinski definition) is 0. The van der Waals surface area contributed by atoms with Gasteiger partial charge in [-0.25, -0.2) is 8.42 Å². The molecule has 12 heavy (non-hydrogen) atoms. The van der Waals surface area contributed by atoms with Crippen molar-refractivity contribution in [3.8, 4) is 0 Å². The molecule has 0 heterocycles. The van der Waals surface area contributed by atoms with Crippen LogP contribution >= 0.6 is 0 Å². The third kappa shape index (κ3) is 1.98. The molecule has 0 bridgehead atoms. The van der Waals surface area contributed by atoms with Gasteiger partial charge in [-0.15, -0.1) is 0 Å². The van der Waals surface area contributed by atoms with Crippen molar-refractivity contribution in [2.75, 3.05) is 6.26 Å². The third-order valence-electron chi connectivity index (χ3n) is 2.33. The Morgan fingerprint density at radius 2 is 1.83 bits per heavy atom. The highest BCUT2D eigenvalue weighted by Gasteiger charge is 2.32. The van der Waals surface area contributed by atoms with E-state index in [1.54, 1.807) is 4.31 Å². The van der Waals surface area contributed by atoms with Gasteiger partial charge in [0.1, 0.15) is 0 Å². The summed E-state index contributed by atoms with van der Waals surface area (Å²) in [5, 5.41) is 0. The first-order chi connectivity index (χ1) is 5.43. The minimum atomic E-state index is -2.99. The Balaban J connectivity index is 2.74. The zero-order valence-electron chi connectivity index (χ0n) is 7.95. The van der Waals surface area contributed by atoms with Crippen molar-refractivity contribution in [2.24, 2.45) is 0 Å². The summed E-state index contributed by atoms with van der Waals surface area (Å²) in [6, 6.07) is 0.380. The highest BCUT2D eigenvalue weighted by molar-refractivity contribution is 7.88. The van der Waals surface area contributed by atoms with Crippen LogP contribution in [-0.2, 0) is 10.0 Å². The van der Waals surface area contributed by atoms with Crippen molar-refractivity contribution in [2.45, 2.75) is 45.2 Å². The molecule has 0 amide bonds. The maximum Gasteiger partial charge on any atom is 0.211 e. The molecule has 72 valence electrons. The average molecular weight is 191 g/mol. The fraction of sp³-hybridized carbons (Fsp3) is 1.00. The summed E-state index contributed by atoms with van der Waals surface area (Å²) in [6.45, 7) is 3.86. The second-order valence-corrected chi connectivity index (χ2v) is 5.66. The summed E-state index contributed by atoms with van der Waals surface area (Å²) in [6.07, 6.45) is 4.53. The van der Waals surface area contributed by atoms with Crippen LogP contribution in [0.25, 0.3) is 0 Å². The molecule has 0 atom stereocenters. The van der Waals surface area contributed by atoms with Crippen LogP contribution in [0.4, 0.5) is 0 Å². The third-order valence-corrected chi connectivity index (χ3v) is 3.81. The maximum absolute atomic E-state index is 11.3. The molecule has 0 radical (unpaired) electrons. The van der Waals surface area contributed by atoms with Crippen LogP contribution in [0, 0.1) is 0 Å². The highest BCUT2D eigenvalue weighted by Crippen LogP contribution is 2.28. The fourth-order valence-electron chi connectivity index (χ4n) is 1.72. The van der Waals surface area contributed by atoms with E-state index in [4.69, 9.17) is 0 Å². The quantitative estimate of drug-likeness (QED) is 0.672. The van der Waals surface area contributed by atoms with Gasteiger partial charge in [-0.05, 0) is 26.7 Å². The lowest BCUT2D eigenvalue weighted by Crippen LogP contribution is -2.47. The monoisotopic (exact) mass is 191 g/mol. The molecule has 0 spiro atoms. The van der Waals surface area contributed by atoms with Gasteiger partial charge in [0.25, 0.3) is 0 Å². The van der Waals surface area contributed by atoms with Crippen molar-refractivity contribution >= 4 is 10.0 Å². The van der Waals surface area contributed by atoms with Crippen LogP contribution in [-0.4, -0.2) is 31.1 Å². The topological polar surface area (TPSA) is 37.4 Å². The first-order valence-corrected chi connectivity index (χ1v) is 6.26. The summed E-state index contributed by atoms with van der Waals surface area (Å²) in [4.78, 5) is 0. The molecule has 1 aliphatic carbocycles. The Bertz CT molecular complexity index is 242. The second-order valence-electron chi connectivity index (χ2n) is 3.77. The molecule has 3 nitrogen and oxygen atoms in total. The molecule has 0 aliphatic heterocycles. The molecule has 0 aromatic carbocycles. The Kier molecular flexibility index (Phi) is 2.78. The zero-order chi connectivity index (χ0) is 9.35. The second kappa shape index (κ2) is 3.34. The number of sulfonamides is 1. The van der Waals surface area contributed by atoms with Gasteiger partial charge in [0, 0.05) is 12.1 Å². The van der Waals surface area contributed by atoms with Gasteiger partial charge in [-0.1, -0.05) is 6.42 Å². The Morgan fingerprint density at radius 3 is 1.92 bits per heavy atom. The highest BCUT2D eigenvalue weighted by atomic mass is 32.2. The van der Waals surface area contributed by atoms with Crippen LogP contribution in [0.2, 0.25) is 0 Å². The molecule has 1 aliphatic rings. The van der Waals surface area contributed by atoms with Crippen LogP contribution < -0.4 is 0 Å². The zero-order valence-corrected chi connectivity index (χ0v) is 8.76. The van der Waals surface area contributed by atoms with E-state index in [1.807, 2.05) is 13.8 Å². The van der Waals surface area contributed by atoms with Gasteiger partial charge < -0.3 is 0 Å². The summed E-state index contributed by atoms with van der Waals surface area (Å²) in [5.41, 5.74) is 0. The standard InChI is InChI=1S/C8H17NO2S/c1-7(2)9(12(3,10)11)8-5-4-6-8/h7-8H,4-6H2,1-3H3. The predicted molar refractivity (Wildman–Crippen MR) is 49.5 cm³/mol. The molecular formula is C8H17NO2S. The normalized spacial score (nSPS) is 20.1. The van der Waals surface area contributed by atoms with E-state index in [1.165, 1.54) is 12.7 Å². The van der Waals surface area contributed by atoms with Crippen molar-refractivity contribution in [3.63, 3.8) is 0 Å². The molecule has 0 N–H and O–H groups in total. The Hall–Kier alpha value is -0.0900. The minimum absolute atomic E-state index is 0.102. The van der Waals surface area contributed by atoms with E-state index in [9.17, 15) is 8.42 Å². The molecule has 0 aromatic heterocycles. The lowest BCUT2D eigenvalue weighted by molar-refractivity contribution is 0.190. The van der Waals surface area contributed by atoms with E-state index in [0.29, 0.717) is 0 Å². The lowest BCUT2D eigenvalue weighted by atomic mass is 9.92. The first kappa shape index (κ1) is 9.99. The molecular weight excluding hydrogens is 174 g/mol. The van der Waals surface area contributed by atoms with Crippen LogP contribution in [0.15, 0.2) is 0 Å². The Morgan fingerprint density at radius 1 is 1.33 bits per heavy atom. The molecule has 1 saturated carbocycles. The molecule has 0 aromatic rings. The number of nitrogens with zero attached hydrogens (tertiary/aromatic N) is 1. The fourth-order valence-corrected chi connectivity index (χ4v) is 3.23. The van der Waals surface area contributed by atoms with Crippen molar-refractivity contribution in [1.82, 2.24) is 4.31 Å². The SMILES string of the molecule is CC(C)N(C1CCC1)S(C)(=O)=O. The molecule has 1 fully saturated rings. The van der Waals surface area contributed by atoms with Gasteiger partial charge in [0.2, 0.25) is 10.0 Å². The summed E-state index contributed by atoms with van der Waals surface area (Å²) in [7, 11) is -2.99. The smallest absolute Gasteiger partial charge is 0.211 e. The largest absolute Gasteiger partial charge is 0.212 e. The molecule has 0 saturated heterocycles. The summed E-state index contributed by atoms with van der Waals surface area (Å²) in [5.74, 6) is 0. The molecule has 4 heteroatoms. The van der Waals surface area contributed by atoms with Gasteiger partial charge in [0.15, 0.2) is 0 Å². The van der Waals surface area contributed by atoms with Gasteiger partial charge in [-0.2, -0.15) is 4.31 Å². The first-order valence-electron chi connectivity index (χ1n) is 4.41. The van der Waals surface area contributed by atoms with Crippen molar-refractivity contribution in [3.05, 3.63) is 0 Å². The van der Waals surface area contributed by atoms with Crippen LogP contribution in [0.1, 0.15) is 33.1 Å². The van der Waals surface area contributed by atoms with Crippen molar-refractivity contribution < 1.29 is 8.42 Å². The van der Waals surface area contributed by atoms with E-state index in [0.717, 1.165) is 12.8 Å². The van der Waals surface area contributed by atoms with E-state index in [2.05, 4.69) is 0 Å². The maximum atomic E-state index is 11.3. The van der Waals surface area contributed by atoms with E-state index >= 15 is 0 Å². The van der Waals surface area contributed by atoms with Gasteiger partial charge >= 0.3 is 0 Å². The molecule has 1 rings (SSSR count). The Labute approximate surface area is 74.8 Å². The number of hydrogen-bond acceptors (Lipinski definition) is 2. The van der Waals surface area contributed by atoms with E-state index < -0.39 is 10.0 Å². The predicted octanol–water partition coefficient (Wildman–Crippen LogP) is 1.21. The minimum Gasteiger partial charge on any atom is -0.212 e. The van der Waals surface area contributed by atoms with Gasteiger partial charge in [0.05, 0.1) is 6.26 Å². The van der Waals surface area contributed by atoms with Crippen LogP contribution in [0.3, 0.4) is 0 Å². The molecule has 0 unspecified atom stereocenters. The average Bonchev–Trinajstić information content (AvgIpc) is 1.73. The number of rotatable bonds is 3. The van der Waals surface area contributed by atoms with Crippen LogP contribution in [0.5, 0.6) is 0 Å². The lowest BCUT2D eigenvalue weighted by Gasteiger charge is -2.38. The van der Waals surface area contributed by atoms with Gasteiger partial charge in [-0.3, -0.25) is 0 Å². The summed E-state index contributed by atoms with van der Waals surface area (Å²) >= 11 is 0. The van der Waals surface area contributed by atoms with Crippen molar-refractivity contribution in [1.29, 1.82) is 0 Å². The van der Waals surface area contributed by atoms with E-state index in [-0.39, 0.29) is 12.1 Å². The summed E-state index contributed by atoms with van der Waals surface area (Å²) < 4.78 is 24.3.